The number of amides is 1. The maximum atomic E-state index is 11.9. The van der Waals surface area contributed by atoms with Gasteiger partial charge in [-0.05, 0) is 28.8 Å². The minimum absolute atomic E-state index is 0.124. The second-order valence-electron chi connectivity index (χ2n) is 3.66. The number of rotatable bonds is 5. The van der Waals surface area contributed by atoms with Gasteiger partial charge < -0.3 is 5.32 Å². The zero-order chi connectivity index (χ0) is 12.8. The van der Waals surface area contributed by atoms with Crippen LogP contribution in [-0.2, 0) is 6.42 Å². The minimum Gasteiger partial charge on any atom is -0.347 e. The summed E-state index contributed by atoms with van der Waals surface area (Å²) in [5.41, 5.74) is 1.24. The SMILES string of the molecule is CCc1[nH]nc(C(=O)NC(CC)CC#N)c1Br. The number of nitrogens with one attached hydrogen (secondary N) is 2. The monoisotopic (exact) mass is 298 g/mol. The van der Waals surface area contributed by atoms with Crippen LogP contribution in [0.15, 0.2) is 4.47 Å². The molecule has 1 unspecified atom stereocenters. The zero-order valence-electron chi connectivity index (χ0n) is 9.88. The number of hydrogen-bond acceptors (Lipinski definition) is 3. The maximum absolute atomic E-state index is 11.9. The van der Waals surface area contributed by atoms with Crippen LogP contribution in [0.25, 0.3) is 0 Å². The van der Waals surface area contributed by atoms with Crippen LogP contribution in [-0.4, -0.2) is 22.1 Å². The van der Waals surface area contributed by atoms with Gasteiger partial charge >= 0.3 is 0 Å². The van der Waals surface area contributed by atoms with Gasteiger partial charge in [0.2, 0.25) is 0 Å². The number of nitriles is 1. The Balaban J connectivity index is 2.76. The Kier molecular flexibility index (Phi) is 5.16. The van der Waals surface area contributed by atoms with Crippen molar-refractivity contribution in [3.63, 3.8) is 0 Å². The van der Waals surface area contributed by atoms with E-state index in [1.54, 1.807) is 0 Å². The molecule has 2 N–H and O–H groups in total. The van der Waals surface area contributed by atoms with E-state index in [9.17, 15) is 4.79 Å². The van der Waals surface area contributed by atoms with Gasteiger partial charge in [-0.15, -0.1) is 0 Å². The fourth-order valence-electron chi connectivity index (χ4n) is 1.41. The summed E-state index contributed by atoms with van der Waals surface area (Å²) in [6.07, 6.45) is 1.81. The largest absolute Gasteiger partial charge is 0.347 e. The summed E-state index contributed by atoms with van der Waals surface area (Å²) in [7, 11) is 0. The highest BCUT2D eigenvalue weighted by Crippen LogP contribution is 2.19. The predicted molar refractivity (Wildman–Crippen MR) is 67.4 cm³/mol. The number of aromatic amines is 1. The van der Waals surface area contributed by atoms with Crippen LogP contribution in [0.2, 0.25) is 0 Å². The third-order valence-corrected chi connectivity index (χ3v) is 3.36. The molecule has 0 spiro atoms. The zero-order valence-corrected chi connectivity index (χ0v) is 11.5. The Morgan fingerprint density at radius 1 is 1.65 bits per heavy atom. The first-order chi connectivity index (χ1) is 8.13. The molecule has 92 valence electrons. The van der Waals surface area contributed by atoms with Crippen LogP contribution in [0.4, 0.5) is 0 Å². The van der Waals surface area contributed by atoms with Crippen LogP contribution in [0.1, 0.15) is 42.9 Å². The number of aromatic nitrogens is 2. The molecule has 0 aliphatic heterocycles. The number of hydrogen-bond donors (Lipinski definition) is 2. The molecule has 1 rings (SSSR count). The fraction of sp³-hybridized carbons (Fsp3) is 0.545. The second-order valence-corrected chi connectivity index (χ2v) is 4.45. The number of nitrogens with zero attached hydrogens (tertiary/aromatic N) is 2. The van der Waals surface area contributed by atoms with Crippen LogP contribution in [0, 0.1) is 11.3 Å². The van der Waals surface area contributed by atoms with E-state index in [2.05, 4.69) is 37.5 Å². The molecule has 5 nitrogen and oxygen atoms in total. The Morgan fingerprint density at radius 2 is 2.35 bits per heavy atom. The van der Waals surface area contributed by atoms with Crippen molar-refractivity contribution in [3.8, 4) is 6.07 Å². The van der Waals surface area contributed by atoms with Crippen LogP contribution in [0.5, 0.6) is 0 Å². The molecule has 1 atom stereocenters. The fourth-order valence-corrected chi connectivity index (χ4v) is 2.05. The van der Waals surface area contributed by atoms with Gasteiger partial charge in [-0.25, -0.2) is 0 Å². The van der Waals surface area contributed by atoms with E-state index in [-0.39, 0.29) is 11.9 Å². The van der Waals surface area contributed by atoms with Gasteiger partial charge in [-0.3, -0.25) is 9.89 Å². The quantitative estimate of drug-likeness (QED) is 0.874. The number of halogens is 1. The highest BCUT2D eigenvalue weighted by Gasteiger charge is 2.19. The first-order valence-electron chi connectivity index (χ1n) is 5.54. The van der Waals surface area contributed by atoms with E-state index in [1.807, 2.05) is 13.8 Å². The highest BCUT2D eigenvalue weighted by atomic mass is 79.9. The molecule has 17 heavy (non-hydrogen) atoms. The van der Waals surface area contributed by atoms with Crippen molar-refractivity contribution in [3.05, 3.63) is 15.9 Å². The number of carbonyl (C=O) groups is 1. The van der Waals surface area contributed by atoms with Crippen molar-refractivity contribution in [2.75, 3.05) is 0 Å². The molecule has 1 heterocycles. The average molecular weight is 299 g/mol. The van der Waals surface area contributed by atoms with Crippen LogP contribution >= 0.6 is 15.9 Å². The molecule has 0 bridgehead atoms. The maximum Gasteiger partial charge on any atom is 0.273 e. The van der Waals surface area contributed by atoms with Crippen molar-refractivity contribution in [1.82, 2.24) is 15.5 Å². The summed E-state index contributed by atoms with van der Waals surface area (Å²) in [6.45, 7) is 3.91. The van der Waals surface area contributed by atoms with E-state index < -0.39 is 0 Å². The summed E-state index contributed by atoms with van der Waals surface area (Å²) in [5.74, 6) is -0.255. The van der Waals surface area contributed by atoms with E-state index in [0.717, 1.165) is 18.5 Å². The van der Waals surface area contributed by atoms with Crippen molar-refractivity contribution in [2.45, 2.75) is 39.2 Å². The molecule has 6 heteroatoms. The third kappa shape index (κ3) is 3.30. The topological polar surface area (TPSA) is 81.6 Å². The van der Waals surface area contributed by atoms with E-state index in [4.69, 9.17) is 5.26 Å². The number of carbonyl (C=O) groups excluding carboxylic acids is 1. The Hall–Kier alpha value is -1.35. The van der Waals surface area contributed by atoms with Crippen LogP contribution < -0.4 is 5.32 Å². The average Bonchev–Trinajstić information content (AvgIpc) is 2.69. The summed E-state index contributed by atoms with van der Waals surface area (Å²) < 4.78 is 0.698. The lowest BCUT2D eigenvalue weighted by Crippen LogP contribution is -2.34. The summed E-state index contributed by atoms with van der Waals surface area (Å²) in [4.78, 5) is 11.9. The summed E-state index contributed by atoms with van der Waals surface area (Å²) in [6, 6.07) is 1.93. The van der Waals surface area contributed by atoms with Gasteiger partial charge in [0.05, 0.1) is 17.0 Å². The molecule has 1 aromatic heterocycles. The lowest BCUT2D eigenvalue weighted by molar-refractivity contribution is 0.0931. The number of aryl methyl sites for hydroxylation is 1. The molecular formula is C11H15BrN4O. The van der Waals surface area contributed by atoms with Crippen molar-refractivity contribution in [1.29, 1.82) is 5.26 Å². The van der Waals surface area contributed by atoms with Crippen molar-refractivity contribution >= 4 is 21.8 Å². The molecule has 0 fully saturated rings. The first kappa shape index (κ1) is 13.7. The Bertz CT molecular complexity index is 435. The van der Waals surface area contributed by atoms with Gasteiger partial charge in [-0.1, -0.05) is 13.8 Å². The minimum atomic E-state index is -0.255. The van der Waals surface area contributed by atoms with E-state index in [0.29, 0.717) is 16.6 Å². The molecular weight excluding hydrogens is 284 g/mol. The standard InChI is InChI=1S/C11H15BrN4O/c1-3-7(5-6-13)14-11(17)10-9(12)8(4-2)15-16-10/h7H,3-5H2,1-2H3,(H,14,17)(H,15,16). The lowest BCUT2D eigenvalue weighted by atomic mass is 10.1. The van der Waals surface area contributed by atoms with E-state index in [1.165, 1.54) is 0 Å². The van der Waals surface area contributed by atoms with Gasteiger partial charge in [0.1, 0.15) is 0 Å². The molecule has 0 aliphatic carbocycles. The third-order valence-electron chi connectivity index (χ3n) is 2.51. The summed E-state index contributed by atoms with van der Waals surface area (Å²) in [5, 5.41) is 18.2. The molecule has 0 saturated heterocycles. The molecule has 0 aromatic carbocycles. The van der Waals surface area contributed by atoms with Crippen LogP contribution in [0.3, 0.4) is 0 Å². The van der Waals surface area contributed by atoms with Gasteiger partial charge in [0, 0.05) is 11.7 Å². The molecule has 0 aliphatic rings. The van der Waals surface area contributed by atoms with E-state index >= 15 is 0 Å². The second kappa shape index (κ2) is 6.40. The smallest absolute Gasteiger partial charge is 0.273 e. The van der Waals surface area contributed by atoms with Gasteiger partial charge in [-0.2, -0.15) is 10.4 Å². The summed E-state index contributed by atoms with van der Waals surface area (Å²) >= 11 is 3.34. The van der Waals surface area contributed by atoms with Gasteiger partial charge in [0.25, 0.3) is 5.91 Å². The molecule has 0 saturated carbocycles. The van der Waals surface area contributed by atoms with Gasteiger partial charge in [0.15, 0.2) is 5.69 Å². The highest BCUT2D eigenvalue weighted by molar-refractivity contribution is 9.10. The lowest BCUT2D eigenvalue weighted by Gasteiger charge is -2.12. The molecule has 1 aromatic rings. The molecule has 0 radical (unpaired) electrons. The predicted octanol–water partition coefficient (Wildman–Crippen LogP) is 2.16. The Labute approximate surface area is 109 Å². The normalized spacial score (nSPS) is 11.9. The van der Waals surface area contributed by atoms with Crippen molar-refractivity contribution < 1.29 is 4.79 Å². The first-order valence-corrected chi connectivity index (χ1v) is 6.33. The van der Waals surface area contributed by atoms with Crippen molar-refractivity contribution in [2.24, 2.45) is 0 Å². The Morgan fingerprint density at radius 3 is 2.82 bits per heavy atom. The molecule has 1 amide bonds. The number of H-pyrrole nitrogens is 1.